The van der Waals surface area contributed by atoms with E-state index in [2.05, 4.69) is 24.3 Å². The van der Waals surface area contributed by atoms with Gasteiger partial charge in [0.25, 0.3) is 0 Å². The van der Waals surface area contributed by atoms with E-state index in [4.69, 9.17) is 10.6 Å². The van der Waals surface area contributed by atoms with Crippen LogP contribution in [0, 0.1) is 5.92 Å². The van der Waals surface area contributed by atoms with Gasteiger partial charge in [0.05, 0.1) is 13.2 Å². The molecule has 78 valence electrons. The molecule has 3 N–H and O–H groups in total. The van der Waals surface area contributed by atoms with E-state index in [1.807, 2.05) is 12.1 Å². The molecule has 0 fully saturated rings. The van der Waals surface area contributed by atoms with Crippen LogP contribution in [-0.2, 0) is 0 Å². The summed E-state index contributed by atoms with van der Waals surface area (Å²) in [5.74, 6) is 6.51. The Morgan fingerprint density at radius 3 is 2.71 bits per heavy atom. The first-order valence-electron chi connectivity index (χ1n) is 4.65. The highest BCUT2D eigenvalue weighted by Gasteiger charge is 2.18. The van der Waals surface area contributed by atoms with Crippen LogP contribution in [0.25, 0.3) is 0 Å². The van der Waals surface area contributed by atoms with Crippen LogP contribution in [0.3, 0.4) is 0 Å². The minimum Gasteiger partial charge on any atom is -0.481 e. The number of hydrazine groups is 1. The molecular weight excluding hydrogens is 178 g/mol. The van der Waals surface area contributed by atoms with Gasteiger partial charge in [-0.15, -0.1) is 0 Å². The van der Waals surface area contributed by atoms with Crippen LogP contribution in [0.4, 0.5) is 0 Å². The highest BCUT2D eigenvalue weighted by molar-refractivity contribution is 5.29. The topological polar surface area (TPSA) is 60.2 Å². The Morgan fingerprint density at radius 2 is 2.21 bits per heavy atom. The van der Waals surface area contributed by atoms with Crippen molar-refractivity contribution in [1.29, 1.82) is 0 Å². The maximum atomic E-state index is 5.50. The summed E-state index contributed by atoms with van der Waals surface area (Å²) in [6.07, 6.45) is 1.70. The zero-order valence-corrected chi connectivity index (χ0v) is 8.82. The van der Waals surface area contributed by atoms with Crippen molar-refractivity contribution < 1.29 is 4.74 Å². The largest absolute Gasteiger partial charge is 0.481 e. The van der Waals surface area contributed by atoms with E-state index in [0.717, 1.165) is 5.56 Å². The van der Waals surface area contributed by atoms with Gasteiger partial charge in [-0.1, -0.05) is 19.9 Å². The minimum atomic E-state index is 0.0682. The Bertz CT molecular complexity index is 288. The number of rotatable bonds is 4. The average molecular weight is 195 g/mol. The summed E-state index contributed by atoms with van der Waals surface area (Å²) >= 11 is 0. The lowest BCUT2D eigenvalue weighted by atomic mass is 9.98. The molecule has 14 heavy (non-hydrogen) atoms. The Labute approximate surface area is 84.4 Å². The van der Waals surface area contributed by atoms with E-state index < -0.39 is 0 Å². The fourth-order valence-electron chi connectivity index (χ4n) is 1.45. The third kappa shape index (κ3) is 2.21. The molecule has 4 nitrogen and oxygen atoms in total. The predicted octanol–water partition coefficient (Wildman–Crippen LogP) is 1.25. The van der Waals surface area contributed by atoms with E-state index in [-0.39, 0.29) is 6.04 Å². The third-order valence-corrected chi connectivity index (χ3v) is 2.18. The molecule has 1 heterocycles. The van der Waals surface area contributed by atoms with E-state index in [0.29, 0.717) is 11.8 Å². The van der Waals surface area contributed by atoms with Gasteiger partial charge in [0.2, 0.25) is 5.88 Å². The van der Waals surface area contributed by atoms with E-state index >= 15 is 0 Å². The van der Waals surface area contributed by atoms with E-state index in [1.54, 1.807) is 13.3 Å². The van der Waals surface area contributed by atoms with Crippen molar-refractivity contribution in [2.75, 3.05) is 7.11 Å². The van der Waals surface area contributed by atoms with Crippen molar-refractivity contribution in [3.05, 3.63) is 23.9 Å². The summed E-state index contributed by atoms with van der Waals surface area (Å²) in [4.78, 5) is 4.13. The van der Waals surface area contributed by atoms with Crippen LogP contribution in [0.2, 0.25) is 0 Å². The Balaban J connectivity index is 3.02. The molecule has 0 aliphatic rings. The highest BCUT2D eigenvalue weighted by Crippen LogP contribution is 2.26. The van der Waals surface area contributed by atoms with Gasteiger partial charge in [-0.2, -0.15) is 0 Å². The number of nitrogens with zero attached hydrogens (tertiary/aromatic N) is 1. The number of ether oxygens (including phenoxy) is 1. The number of hydrogen-bond acceptors (Lipinski definition) is 4. The van der Waals surface area contributed by atoms with Gasteiger partial charge in [0, 0.05) is 11.8 Å². The summed E-state index contributed by atoms with van der Waals surface area (Å²) in [6, 6.07) is 3.92. The average Bonchev–Trinajstić information content (AvgIpc) is 2.19. The minimum absolute atomic E-state index is 0.0682. The number of nitrogens with one attached hydrogen (secondary N) is 1. The molecule has 4 heteroatoms. The molecule has 0 radical (unpaired) electrons. The summed E-state index contributed by atoms with van der Waals surface area (Å²) < 4.78 is 5.17. The molecule has 0 aromatic carbocycles. The van der Waals surface area contributed by atoms with Crippen molar-refractivity contribution >= 4 is 0 Å². The monoisotopic (exact) mass is 195 g/mol. The molecular formula is C10H17N3O. The van der Waals surface area contributed by atoms with E-state index in [9.17, 15) is 0 Å². The molecule has 1 aromatic heterocycles. The number of pyridine rings is 1. The molecule has 1 aromatic rings. The molecule has 1 unspecified atom stereocenters. The van der Waals surface area contributed by atoms with Gasteiger partial charge in [0.1, 0.15) is 0 Å². The van der Waals surface area contributed by atoms with Gasteiger partial charge >= 0.3 is 0 Å². The first kappa shape index (κ1) is 10.9. The van der Waals surface area contributed by atoms with Crippen molar-refractivity contribution in [1.82, 2.24) is 10.4 Å². The molecule has 1 rings (SSSR count). The summed E-state index contributed by atoms with van der Waals surface area (Å²) in [6.45, 7) is 4.19. The van der Waals surface area contributed by atoms with Gasteiger partial charge in [0.15, 0.2) is 0 Å². The molecule has 1 atom stereocenters. The van der Waals surface area contributed by atoms with Gasteiger partial charge in [-0.25, -0.2) is 4.98 Å². The summed E-state index contributed by atoms with van der Waals surface area (Å²) in [7, 11) is 1.61. The van der Waals surface area contributed by atoms with Crippen molar-refractivity contribution in [2.45, 2.75) is 19.9 Å². The molecule has 0 aliphatic carbocycles. The second-order valence-corrected chi connectivity index (χ2v) is 3.49. The maximum absolute atomic E-state index is 5.50. The first-order valence-corrected chi connectivity index (χ1v) is 4.65. The number of nitrogens with two attached hydrogens (primary N) is 1. The zero-order valence-electron chi connectivity index (χ0n) is 8.82. The van der Waals surface area contributed by atoms with Crippen molar-refractivity contribution in [3.63, 3.8) is 0 Å². The normalized spacial score (nSPS) is 12.9. The summed E-state index contributed by atoms with van der Waals surface area (Å²) in [5, 5.41) is 0. The van der Waals surface area contributed by atoms with Gasteiger partial charge in [-0.05, 0) is 12.0 Å². The van der Waals surface area contributed by atoms with Crippen LogP contribution in [0.5, 0.6) is 5.88 Å². The molecule has 0 bridgehead atoms. The lowest BCUT2D eigenvalue weighted by Gasteiger charge is -2.21. The van der Waals surface area contributed by atoms with Gasteiger partial charge in [-0.3, -0.25) is 11.3 Å². The lowest BCUT2D eigenvalue weighted by molar-refractivity contribution is 0.361. The second-order valence-electron chi connectivity index (χ2n) is 3.49. The van der Waals surface area contributed by atoms with Crippen LogP contribution in [0.1, 0.15) is 25.5 Å². The zero-order chi connectivity index (χ0) is 10.6. The highest BCUT2D eigenvalue weighted by atomic mass is 16.5. The summed E-state index contributed by atoms with van der Waals surface area (Å²) in [5.41, 5.74) is 3.77. The number of aromatic nitrogens is 1. The Kier molecular flexibility index (Phi) is 3.85. The van der Waals surface area contributed by atoms with Crippen LogP contribution >= 0.6 is 0 Å². The fourth-order valence-corrected chi connectivity index (χ4v) is 1.45. The molecule has 0 saturated carbocycles. The smallest absolute Gasteiger partial charge is 0.217 e. The van der Waals surface area contributed by atoms with E-state index in [1.165, 1.54) is 0 Å². The fraction of sp³-hybridized carbons (Fsp3) is 0.500. The first-order chi connectivity index (χ1) is 6.70. The Morgan fingerprint density at radius 1 is 1.50 bits per heavy atom. The molecule has 0 saturated heterocycles. The number of hydrogen-bond donors (Lipinski definition) is 2. The molecule has 0 amide bonds. The van der Waals surface area contributed by atoms with Crippen LogP contribution < -0.4 is 16.0 Å². The Hall–Kier alpha value is -1.13. The maximum Gasteiger partial charge on any atom is 0.217 e. The van der Waals surface area contributed by atoms with Crippen LogP contribution in [-0.4, -0.2) is 12.1 Å². The number of methoxy groups -OCH3 is 1. The SMILES string of the molecule is COc1ncccc1C(NN)C(C)C. The van der Waals surface area contributed by atoms with Crippen molar-refractivity contribution in [2.24, 2.45) is 11.8 Å². The standard InChI is InChI=1S/C10H17N3O/c1-7(2)9(13-11)8-5-4-6-12-10(8)14-3/h4-7,9,13H,11H2,1-3H3. The van der Waals surface area contributed by atoms with Gasteiger partial charge < -0.3 is 4.74 Å². The lowest BCUT2D eigenvalue weighted by Crippen LogP contribution is -2.31. The predicted molar refractivity (Wildman–Crippen MR) is 55.7 cm³/mol. The molecule has 0 aliphatic heterocycles. The van der Waals surface area contributed by atoms with Crippen LogP contribution in [0.15, 0.2) is 18.3 Å². The molecule has 0 spiro atoms. The quantitative estimate of drug-likeness (QED) is 0.560. The van der Waals surface area contributed by atoms with Crippen molar-refractivity contribution in [3.8, 4) is 5.88 Å². The second kappa shape index (κ2) is 4.93. The third-order valence-electron chi connectivity index (χ3n) is 2.18.